The lowest BCUT2D eigenvalue weighted by Crippen LogP contribution is -2.70. The zero-order valence-corrected chi connectivity index (χ0v) is 19.8. The maximum atomic E-state index is 13.3. The fourth-order valence-corrected chi connectivity index (χ4v) is 6.49. The van der Waals surface area contributed by atoms with Crippen LogP contribution in [0.5, 0.6) is 0 Å². The van der Waals surface area contributed by atoms with Gasteiger partial charge < -0.3 is 10.2 Å². The Bertz CT molecular complexity index is 934. The van der Waals surface area contributed by atoms with E-state index in [1.54, 1.807) is 0 Å². The van der Waals surface area contributed by atoms with Gasteiger partial charge in [-0.15, -0.1) is 11.3 Å². The third-order valence-corrected chi connectivity index (χ3v) is 8.25. The van der Waals surface area contributed by atoms with Crippen LogP contribution < -0.4 is 5.32 Å². The van der Waals surface area contributed by atoms with Crippen molar-refractivity contribution in [1.29, 1.82) is 0 Å². The van der Waals surface area contributed by atoms with Crippen LogP contribution in [0.15, 0.2) is 24.3 Å². The van der Waals surface area contributed by atoms with E-state index in [-0.39, 0.29) is 29.8 Å². The number of benzene rings is 1. The van der Waals surface area contributed by atoms with Crippen molar-refractivity contribution in [1.82, 2.24) is 15.1 Å². The van der Waals surface area contributed by atoms with Crippen molar-refractivity contribution >= 4 is 33.2 Å². The van der Waals surface area contributed by atoms with Gasteiger partial charge in [0.2, 0.25) is 11.8 Å². The van der Waals surface area contributed by atoms with Crippen molar-refractivity contribution in [3.8, 4) is 0 Å². The second-order valence-electron chi connectivity index (χ2n) is 8.96. The standard InChI is InChI=1S/C25H35N3O2S/c1-4-9-17(10-5-2)23-25(30)28-14-13-27(16-20(28)24(29)26-23)15-19-18-11-7-8-12-22(18)31-21(19)6-3/h7-8,11-12,17,20,23H,4-6,9-10,13-16H2,1-3H3,(H,26,29). The molecule has 0 spiro atoms. The highest BCUT2D eigenvalue weighted by atomic mass is 32.1. The molecule has 0 bridgehead atoms. The van der Waals surface area contributed by atoms with Crippen molar-refractivity contribution in [2.75, 3.05) is 19.6 Å². The number of nitrogens with one attached hydrogen (secondary N) is 1. The van der Waals surface area contributed by atoms with Crippen LogP contribution in [0.1, 0.15) is 56.9 Å². The molecule has 0 radical (unpaired) electrons. The monoisotopic (exact) mass is 441 g/mol. The number of carbonyl (C=O) groups is 2. The largest absolute Gasteiger partial charge is 0.342 e. The van der Waals surface area contributed by atoms with E-state index < -0.39 is 0 Å². The Morgan fingerprint density at radius 1 is 1.10 bits per heavy atom. The molecule has 2 unspecified atom stereocenters. The highest BCUT2D eigenvalue weighted by Gasteiger charge is 2.45. The summed E-state index contributed by atoms with van der Waals surface area (Å²) in [7, 11) is 0. The second-order valence-corrected chi connectivity index (χ2v) is 10.1. The average molecular weight is 442 g/mol. The lowest BCUT2D eigenvalue weighted by atomic mass is 9.87. The van der Waals surface area contributed by atoms with Gasteiger partial charge in [0.25, 0.3) is 0 Å². The Morgan fingerprint density at radius 3 is 2.55 bits per heavy atom. The third-order valence-electron chi connectivity index (χ3n) is 6.89. The number of thiophene rings is 1. The number of hydrogen-bond acceptors (Lipinski definition) is 4. The molecule has 0 saturated carbocycles. The minimum atomic E-state index is -0.364. The summed E-state index contributed by atoms with van der Waals surface area (Å²) in [6.45, 7) is 9.43. The fourth-order valence-electron chi connectivity index (χ4n) is 5.33. The average Bonchev–Trinajstić information content (AvgIpc) is 3.13. The molecule has 2 aromatic rings. The first-order chi connectivity index (χ1) is 15.1. The summed E-state index contributed by atoms with van der Waals surface area (Å²) in [6.07, 6.45) is 5.07. The van der Waals surface area contributed by atoms with Crippen LogP contribution in [0.25, 0.3) is 10.1 Å². The van der Waals surface area contributed by atoms with E-state index in [2.05, 4.69) is 55.3 Å². The number of fused-ring (bicyclic) bond motifs is 2. The predicted octanol–water partition coefficient (Wildman–Crippen LogP) is 4.19. The number of nitrogens with zero attached hydrogens (tertiary/aromatic N) is 2. The van der Waals surface area contributed by atoms with Crippen LogP contribution in [0, 0.1) is 5.92 Å². The molecule has 2 saturated heterocycles. The predicted molar refractivity (Wildman–Crippen MR) is 127 cm³/mol. The molecule has 6 heteroatoms. The summed E-state index contributed by atoms with van der Waals surface area (Å²) >= 11 is 1.88. The molecule has 2 aliphatic heterocycles. The molecule has 1 aromatic heterocycles. The first-order valence-electron chi connectivity index (χ1n) is 11.9. The minimum absolute atomic E-state index is 0.0254. The van der Waals surface area contributed by atoms with E-state index in [1.165, 1.54) is 20.5 Å². The smallest absolute Gasteiger partial charge is 0.246 e. The van der Waals surface area contributed by atoms with Crippen LogP contribution in [0.4, 0.5) is 0 Å². The van der Waals surface area contributed by atoms with Crippen molar-refractivity contribution in [2.24, 2.45) is 5.92 Å². The number of carbonyl (C=O) groups excluding carboxylic acids is 2. The zero-order chi connectivity index (χ0) is 22.0. The molecule has 4 rings (SSSR count). The molecule has 1 N–H and O–H groups in total. The molecule has 0 aliphatic carbocycles. The summed E-state index contributed by atoms with van der Waals surface area (Å²) in [5, 5.41) is 4.44. The summed E-state index contributed by atoms with van der Waals surface area (Å²) in [5.41, 5.74) is 1.39. The Labute approximate surface area is 189 Å². The van der Waals surface area contributed by atoms with E-state index in [1.807, 2.05) is 16.2 Å². The Hall–Kier alpha value is -1.92. The number of aryl methyl sites for hydroxylation is 1. The van der Waals surface area contributed by atoms with E-state index >= 15 is 0 Å². The molecule has 2 atom stereocenters. The van der Waals surface area contributed by atoms with Gasteiger partial charge in [0, 0.05) is 35.8 Å². The van der Waals surface area contributed by atoms with E-state index in [9.17, 15) is 9.59 Å². The van der Waals surface area contributed by atoms with Crippen molar-refractivity contribution in [3.05, 3.63) is 34.7 Å². The van der Waals surface area contributed by atoms with Crippen molar-refractivity contribution in [3.63, 3.8) is 0 Å². The van der Waals surface area contributed by atoms with Crippen molar-refractivity contribution < 1.29 is 9.59 Å². The van der Waals surface area contributed by atoms with Gasteiger partial charge in [0.05, 0.1) is 0 Å². The van der Waals surface area contributed by atoms with Crippen molar-refractivity contribution in [2.45, 2.75) is 71.5 Å². The van der Waals surface area contributed by atoms with Crippen LogP contribution in [-0.2, 0) is 22.6 Å². The van der Waals surface area contributed by atoms with Gasteiger partial charge in [-0.1, -0.05) is 51.8 Å². The van der Waals surface area contributed by atoms with Crippen LogP contribution >= 0.6 is 11.3 Å². The summed E-state index contributed by atoms with van der Waals surface area (Å²) in [5.74, 6) is 0.401. The molecular weight excluding hydrogens is 406 g/mol. The van der Waals surface area contributed by atoms with Gasteiger partial charge in [-0.3, -0.25) is 14.5 Å². The summed E-state index contributed by atoms with van der Waals surface area (Å²) in [6, 6.07) is 7.89. The maximum absolute atomic E-state index is 13.3. The lowest BCUT2D eigenvalue weighted by Gasteiger charge is -2.46. The van der Waals surface area contributed by atoms with Gasteiger partial charge in [0.15, 0.2) is 0 Å². The normalized spacial score (nSPS) is 22.3. The van der Waals surface area contributed by atoms with Crippen LogP contribution in [-0.4, -0.2) is 53.3 Å². The van der Waals surface area contributed by atoms with Gasteiger partial charge in [-0.05, 0) is 42.2 Å². The number of hydrogen-bond donors (Lipinski definition) is 1. The molecule has 3 heterocycles. The first-order valence-corrected chi connectivity index (χ1v) is 12.7. The van der Waals surface area contributed by atoms with Gasteiger partial charge >= 0.3 is 0 Å². The topological polar surface area (TPSA) is 52.7 Å². The van der Waals surface area contributed by atoms with Gasteiger partial charge in [-0.25, -0.2) is 0 Å². The summed E-state index contributed by atoms with van der Waals surface area (Å²) < 4.78 is 1.33. The van der Waals surface area contributed by atoms with Gasteiger partial charge in [-0.2, -0.15) is 0 Å². The zero-order valence-electron chi connectivity index (χ0n) is 19.0. The molecule has 5 nitrogen and oxygen atoms in total. The quantitative estimate of drug-likeness (QED) is 0.668. The highest BCUT2D eigenvalue weighted by molar-refractivity contribution is 7.19. The maximum Gasteiger partial charge on any atom is 0.246 e. The lowest BCUT2D eigenvalue weighted by molar-refractivity contribution is -0.154. The highest BCUT2D eigenvalue weighted by Crippen LogP contribution is 2.33. The number of amides is 2. The Balaban J connectivity index is 1.49. The number of piperazine rings is 2. The number of rotatable bonds is 8. The first kappa shape index (κ1) is 22.3. The molecule has 2 amide bonds. The Morgan fingerprint density at radius 2 is 1.84 bits per heavy atom. The fraction of sp³-hybridized carbons (Fsp3) is 0.600. The molecule has 2 aliphatic rings. The second kappa shape index (κ2) is 9.70. The third kappa shape index (κ3) is 4.37. The molecular formula is C25H35N3O2S. The van der Waals surface area contributed by atoms with Crippen LogP contribution in [0.2, 0.25) is 0 Å². The molecule has 31 heavy (non-hydrogen) atoms. The Kier molecular flexibility index (Phi) is 6.97. The minimum Gasteiger partial charge on any atom is -0.342 e. The van der Waals surface area contributed by atoms with E-state index in [4.69, 9.17) is 0 Å². The summed E-state index contributed by atoms with van der Waals surface area (Å²) in [4.78, 5) is 32.0. The molecule has 2 fully saturated rings. The molecule has 1 aromatic carbocycles. The van der Waals surface area contributed by atoms with E-state index in [0.717, 1.165) is 45.2 Å². The molecule has 168 valence electrons. The SMILES string of the molecule is CCCC(CCC)C1NC(=O)C2CN(Cc3c(CC)sc4ccccc34)CCN2C1=O. The van der Waals surface area contributed by atoms with E-state index in [0.29, 0.717) is 13.1 Å². The van der Waals surface area contributed by atoms with Crippen LogP contribution in [0.3, 0.4) is 0 Å². The van der Waals surface area contributed by atoms with Gasteiger partial charge in [0.1, 0.15) is 12.1 Å².